The number of rotatable bonds is 5. The van der Waals surface area contributed by atoms with Gasteiger partial charge < -0.3 is 10.1 Å². The number of amides is 1. The number of hydrogen-bond acceptors (Lipinski definition) is 4. The average Bonchev–Trinajstić information content (AvgIpc) is 2.56. The Morgan fingerprint density at radius 2 is 1.96 bits per heavy atom. The minimum absolute atomic E-state index is 0.135. The molecule has 1 N–H and O–H groups in total. The van der Waals surface area contributed by atoms with E-state index in [0.717, 1.165) is 12.8 Å². The van der Waals surface area contributed by atoms with Crippen LogP contribution in [0.3, 0.4) is 0 Å². The van der Waals surface area contributed by atoms with E-state index in [2.05, 4.69) is 19.2 Å². The van der Waals surface area contributed by atoms with Crippen molar-refractivity contribution < 1.29 is 18.5 Å². The van der Waals surface area contributed by atoms with Gasteiger partial charge in [-0.2, -0.15) is 0 Å². The normalized spacial score (nSPS) is 24.9. The van der Waals surface area contributed by atoms with Gasteiger partial charge in [-0.05, 0) is 30.4 Å². The zero-order chi connectivity index (χ0) is 17.7. The summed E-state index contributed by atoms with van der Waals surface area (Å²) in [5.74, 6) is 0.0880. The zero-order valence-electron chi connectivity index (χ0n) is 14.4. The summed E-state index contributed by atoms with van der Waals surface area (Å²) >= 11 is 0. The molecule has 1 saturated carbocycles. The van der Waals surface area contributed by atoms with Crippen molar-refractivity contribution in [3.05, 3.63) is 29.8 Å². The predicted octanol–water partition coefficient (Wildman–Crippen LogP) is 2.52. The zero-order valence-corrected chi connectivity index (χ0v) is 15.2. The molecule has 0 heterocycles. The third kappa shape index (κ3) is 4.66. The van der Waals surface area contributed by atoms with Gasteiger partial charge in [0.1, 0.15) is 0 Å². The Balaban J connectivity index is 1.90. The van der Waals surface area contributed by atoms with E-state index in [9.17, 15) is 13.8 Å². The SMILES string of the molecule is C[C@@H]1[C@H](C)CCC[C@H]1NC(=O)COC(=O)c1ccccc1[S@@](C)=O. The van der Waals surface area contributed by atoms with E-state index in [1.807, 2.05) is 0 Å². The van der Waals surface area contributed by atoms with Gasteiger partial charge >= 0.3 is 5.97 Å². The number of benzene rings is 1. The van der Waals surface area contributed by atoms with Crippen molar-refractivity contribution in [2.45, 2.75) is 44.0 Å². The van der Waals surface area contributed by atoms with Gasteiger partial charge in [-0.3, -0.25) is 9.00 Å². The Morgan fingerprint density at radius 3 is 2.67 bits per heavy atom. The summed E-state index contributed by atoms with van der Waals surface area (Å²) in [6, 6.07) is 6.71. The minimum Gasteiger partial charge on any atom is -0.452 e. The average molecular weight is 351 g/mol. The van der Waals surface area contributed by atoms with E-state index < -0.39 is 16.8 Å². The molecule has 0 bridgehead atoms. The van der Waals surface area contributed by atoms with Crippen molar-refractivity contribution in [3.8, 4) is 0 Å². The molecule has 5 nitrogen and oxygen atoms in total. The molecule has 1 aromatic rings. The highest BCUT2D eigenvalue weighted by atomic mass is 32.2. The summed E-state index contributed by atoms with van der Waals surface area (Å²) in [7, 11) is -1.29. The molecule has 6 heteroatoms. The molecule has 0 spiro atoms. The molecule has 0 radical (unpaired) electrons. The van der Waals surface area contributed by atoms with E-state index in [1.165, 1.54) is 12.7 Å². The molecular formula is C18H25NO4S. The fourth-order valence-electron chi connectivity index (χ4n) is 3.13. The van der Waals surface area contributed by atoms with Crippen LogP contribution in [0.25, 0.3) is 0 Å². The molecule has 1 aromatic carbocycles. The molecule has 0 saturated heterocycles. The molecule has 0 aromatic heterocycles. The predicted molar refractivity (Wildman–Crippen MR) is 93.2 cm³/mol. The summed E-state index contributed by atoms with van der Waals surface area (Å²) < 4.78 is 16.8. The van der Waals surface area contributed by atoms with Gasteiger partial charge in [0.2, 0.25) is 0 Å². The fourth-order valence-corrected chi connectivity index (χ4v) is 3.86. The van der Waals surface area contributed by atoms with Crippen LogP contribution in [-0.4, -0.2) is 35.0 Å². The van der Waals surface area contributed by atoms with Crippen LogP contribution < -0.4 is 5.32 Å². The van der Waals surface area contributed by atoms with Gasteiger partial charge in [-0.1, -0.05) is 38.8 Å². The second-order valence-corrected chi connectivity index (χ2v) is 7.82. The molecular weight excluding hydrogens is 326 g/mol. The molecule has 4 atom stereocenters. The van der Waals surface area contributed by atoms with Crippen molar-refractivity contribution in [2.75, 3.05) is 12.9 Å². The van der Waals surface area contributed by atoms with Gasteiger partial charge in [-0.25, -0.2) is 4.79 Å². The van der Waals surface area contributed by atoms with Crippen LogP contribution in [0.1, 0.15) is 43.5 Å². The summed E-state index contributed by atoms with van der Waals surface area (Å²) in [6.45, 7) is 4.03. The third-order valence-corrected chi connectivity index (χ3v) is 5.78. The van der Waals surface area contributed by atoms with Crippen molar-refractivity contribution in [1.82, 2.24) is 5.32 Å². The van der Waals surface area contributed by atoms with Crippen molar-refractivity contribution in [1.29, 1.82) is 0 Å². The van der Waals surface area contributed by atoms with Crippen LogP contribution in [0.2, 0.25) is 0 Å². The Kier molecular flexibility index (Phi) is 6.54. The first-order chi connectivity index (χ1) is 11.4. The van der Waals surface area contributed by atoms with Crippen LogP contribution in [-0.2, 0) is 20.3 Å². The maximum Gasteiger partial charge on any atom is 0.339 e. The van der Waals surface area contributed by atoms with E-state index in [0.29, 0.717) is 16.7 Å². The van der Waals surface area contributed by atoms with E-state index >= 15 is 0 Å². The van der Waals surface area contributed by atoms with Gasteiger partial charge in [0.05, 0.1) is 21.3 Å². The van der Waals surface area contributed by atoms with E-state index in [4.69, 9.17) is 4.74 Å². The van der Waals surface area contributed by atoms with Crippen LogP contribution in [0.15, 0.2) is 29.2 Å². The first-order valence-corrected chi connectivity index (χ1v) is 9.85. The molecule has 1 aliphatic rings. The van der Waals surface area contributed by atoms with Crippen molar-refractivity contribution in [2.24, 2.45) is 11.8 Å². The Bertz CT molecular complexity index is 631. The van der Waals surface area contributed by atoms with Crippen LogP contribution in [0, 0.1) is 11.8 Å². The highest BCUT2D eigenvalue weighted by Crippen LogP contribution is 2.29. The second-order valence-electron chi connectivity index (χ2n) is 6.47. The van der Waals surface area contributed by atoms with Crippen LogP contribution in [0.4, 0.5) is 0 Å². The summed E-state index contributed by atoms with van der Waals surface area (Å²) in [4.78, 5) is 24.6. The summed E-state index contributed by atoms with van der Waals surface area (Å²) in [5.41, 5.74) is 0.241. The molecule has 24 heavy (non-hydrogen) atoms. The highest BCUT2D eigenvalue weighted by molar-refractivity contribution is 7.84. The summed E-state index contributed by atoms with van der Waals surface area (Å²) in [5, 5.41) is 2.97. The lowest BCUT2D eigenvalue weighted by Crippen LogP contribution is -2.45. The van der Waals surface area contributed by atoms with Crippen molar-refractivity contribution in [3.63, 3.8) is 0 Å². The minimum atomic E-state index is -1.29. The second kappa shape index (κ2) is 8.42. The largest absolute Gasteiger partial charge is 0.452 e. The smallest absolute Gasteiger partial charge is 0.339 e. The molecule has 1 aliphatic carbocycles. The molecule has 2 rings (SSSR count). The Labute approximate surface area is 145 Å². The van der Waals surface area contributed by atoms with Gasteiger partial charge in [0.25, 0.3) is 5.91 Å². The van der Waals surface area contributed by atoms with E-state index in [1.54, 1.807) is 24.3 Å². The number of esters is 1. The molecule has 132 valence electrons. The van der Waals surface area contributed by atoms with Crippen molar-refractivity contribution >= 4 is 22.7 Å². The number of carbonyl (C=O) groups excluding carboxylic acids is 2. The fraction of sp³-hybridized carbons (Fsp3) is 0.556. The topological polar surface area (TPSA) is 72.5 Å². The molecule has 0 aliphatic heterocycles. The first-order valence-electron chi connectivity index (χ1n) is 8.29. The van der Waals surface area contributed by atoms with Gasteiger partial charge in [-0.15, -0.1) is 0 Å². The standard InChI is InChI=1S/C18H25NO4S/c1-12-7-6-9-15(13(12)2)19-17(20)11-23-18(21)14-8-4-5-10-16(14)24(3)22/h4-5,8,10,12-13,15H,6-7,9,11H2,1-3H3,(H,19,20)/t12-,13-,15-,24-/m1/s1. The quantitative estimate of drug-likeness (QED) is 0.828. The van der Waals surface area contributed by atoms with Gasteiger partial charge in [0.15, 0.2) is 6.61 Å². The number of hydrogen-bond donors (Lipinski definition) is 1. The van der Waals surface area contributed by atoms with Gasteiger partial charge in [0, 0.05) is 12.3 Å². The first kappa shape index (κ1) is 18.6. The number of nitrogens with one attached hydrogen (secondary N) is 1. The maximum absolute atomic E-state index is 12.1. The number of ether oxygens (including phenoxy) is 1. The lowest BCUT2D eigenvalue weighted by molar-refractivity contribution is -0.125. The monoisotopic (exact) mass is 351 g/mol. The lowest BCUT2D eigenvalue weighted by atomic mass is 9.78. The maximum atomic E-state index is 12.1. The number of carbonyl (C=O) groups is 2. The lowest BCUT2D eigenvalue weighted by Gasteiger charge is -2.34. The highest BCUT2D eigenvalue weighted by Gasteiger charge is 2.28. The Hall–Kier alpha value is -1.69. The Morgan fingerprint density at radius 1 is 1.25 bits per heavy atom. The summed E-state index contributed by atoms with van der Waals surface area (Å²) in [6.07, 6.45) is 4.76. The molecule has 0 unspecified atom stereocenters. The third-order valence-electron chi connectivity index (χ3n) is 4.80. The molecule has 1 fully saturated rings. The van der Waals surface area contributed by atoms with Crippen LogP contribution >= 0.6 is 0 Å². The van der Waals surface area contributed by atoms with E-state index in [-0.39, 0.29) is 24.1 Å². The van der Waals surface area contributed by atoms with Crippen LogP contribution in [0.5, 0.6) is 0 Å². The molecule has 1 amide bonds.